The summed E-state index contributed by atoms with van der Waals surface area (Å²) < 4.78 is 20.7. The van der Waals surface area contributed by atoms with Crippen molar-refractivity contribution >= 4 is 23.4 Å². The van der Waals surface area contributed by atoms with Crippen LogP contribution in [0.15, 0.2) is 64.6 Å². The van der Waals surface area contributed by atoms with Crippen molar-refractivity contribution < 1.29 is 8.81 Å². The molecule has 0 radical (unpaired) electrons. The summed E-state index contributed by atoms with van der Waals surface area (Å²) in [6, 6.07) is 11.9. The normalized spacial score (nSPS) is 11.1. The van der Waals surface area contributed by atoms with Crippen LogP contribution in [0.2, 0.25) is 5.02 Å². The van der Waals surface area contributed by atoms with E-state index in [9.17, 15) is 4.39 Å². The van der Waals surface area contributed by atoms with Crippen LogP contribution >= 0.6 is 23.4 Å². The predicted octanol–water partition coefficient (Wildman–Crippen LogP) is 5.32. The molecular formula is C19H14ClFN4OS. The van der Waals surface area contributed by atoms with Crippen molar-refractivity contribution in [1.82, 2.24) is 19.7 Å². The number of thioether (sulfide) groups is 1. The summed E-state index contributed by atoms with van der Waals surface area (Å²) in [6.45, 7) is 1.95. The molecule has 0 spiro atoms. The Kier molecular flexibility index (Phi) is 4.96. The van der Waals surface area contributed by atoms with Crippen LogP contribution in [0.5, 0.6) is 0 Å². The van der Waals surface area contributed by atoms with E-state index in [1.165, 1.54) is 23.9 Å². The predicted molar refractivity (Wildman–Crippen MR) is 103 cm³/mol. The molecule has 0 aliphatic carbocycles. The van der Waals surface area contributed by atoms with Crippen molar-refractivity contribution in [2.75, 3.05) is 0 Å². The summed E-state index contributed by atoms with van der Waals surface area (Å²) in [5.41, 5.74) is 3.23. The summed E-state index contributed by atoms with van der Waals surface area (Å²) in [7, 11) is 0. The van der Waals surface area contributed by atoms with Crippen molar-refractivity contribution in [2.45, 2.75) is 17.8 Å². The molecule has 8 heteroatoms. The molecule has 2 heterocycles. The highest BCUT2D eigenvalue weighted by atomic mass is 35.5. The van der Waals surface area contributed by atoms with Gasteiger partial charge in [0.05, 0.1) is 11.4 Å². The zero-order chi connectivity index (χ0) is 18.8. The second-order valence-electron chi connectivity index (χ2n) is 5.86. The Bertz CT molecular complexity index is 1090. The van der Waals surface area contributed by atoms with E-state index < -0.39 is 0 Å². The third-order valence-corrected chi connectivity index (χ3v) is 5.31. The first-order chi connectivity index (χ1) is 13.1. The van der Waals surface area contributed by atoms with Crippen LogP contribution in [-0.2, 0) is 5.75 Å². The van der Waals surface area contributed by atoms with Gasteiger partial charge in [0, 0.05) is 16.3 Å². The fourth-order valence-electron chi connectivity index (χ4n) is 2.50. The molecule has 2 aromatic heterocycles. The van der Waals surface area contributed by atoms with Crippen LogP contribution in [-0.4, -0.2) is 19.7 Å². The zero-order valence-corrected chi connectivity index (χ0v) is 15.8. The molecule has 0 atom stereocenters. The van der Waals surface area contributed by atoms with Gasteiger partial charge in [0.2, 0.25) is 5.89 Å². The Morgan fingerprint density at radius 1 is 1.22 bits per heavy atom. The van der Waals surface area contributed by atoms with Crippen LogP contribution in [0.25, 0.3) is 17.1 Å². The minimum absolute atomic E-state index is 0.327. The maximum Gasteiger partial charge on any atom is 0.226 e. The SMILES string of the molecule is Cc1ccc(-n2cnnc2SCc2coc(-c3cccc(F)c3)n2)cc1Cl. The number of benzene rings is 2. The number of aromatic nitrogens is 4. The summed E-state index contributed by atoms with van der Waals surface area (Å²) in [6.07, 6.45) is 3.21. The molecule has 4 aromatic rings. The highest BCUT2D eigenvalue weighted by Crippen LogP contribution is 2.27. The maximum atomic E-state index is 13.4. The smallest absolute Gasteiger partial charge is 0.226 e. The number of halogens is 2. The van der Waals surface area contributed by atoms with E-state index in [0.29, 0.717) is 27.4 Å². The minimum atomic E-state index is -0.327. The standard InChI is InChI=1S/C19H14ClFN4OS/c1-12-5-6-16(8-17(12)20)25-11-22-24-19(25)27-10-15-9-26-18(23-15)13-3-2-4-14(21)7-13/h2-9,11H,10H2,1H3. The molecule has 0 N–H and O–H groups in total. The second kappa shape index (κ2) is 7.54. The molecule has 0 saturated heterocycles. The molecule has 0 aliphatic heterocycles. The third-order valence-electron chi connectivity index (χ3n) is 3.92. The third kappa shape index (κ3) is 3.89. The van der Waals surface area contributed by atoms with Gasteiger partial charge in [0.15, 0.2) is 5.16 Å². The molecule has 0 amide bonds. The molecular weight excluding hydrogens is 387 g/mol. The van der Waals surface area contributed by atoms with E-state index >= 15 is 0 Å². The van der Waals surface area contributed by atoms with Crippen molar-refractivity contribution in [3.63, 3.8) is 0 Å². The first-order valence-corrected chi connectivity index (χ1v) is 9.46. The van der Waals surface area contributed by atoms with E-state index in [1.807, 2.05) is 29.7 Å². The fraction of sp³-hybridized carbons (Fsp3) is 0.105. The van der Waals surface area contributed by atoms with Gasteiger partial charge in [-0.3, -0.25) is 4.57 Å². The molecule has 136 valence electrons. The summed E-state index contributed by atoms with van der Waals surface area (Å²) in [5, 5.41) is 9.55. The monoisotopic (exact) mass is 400 g/mol. The second-order valence-corrected chi connectivity index (χ2v) is 7.21. The van der Waals surface area contributed by atoms with Crippen LogP contribution in [0.4, 0.5) is 4.39 Å². The fourth-order valence-corrected chi connectivity index (χ4v) is 3.48. The number of aryl methyl sites for hydroxylation is 1. The molecule has 27 heavy (non-hydrogen) atoms. The molecule has 0 unspecified atom stereocenters. The van der Waals surface area contributed by atoms with Crippen LogP contribution in [0, 0.1) is 12.7 Å². The first-order valence-electron chi connectivity index (χ1n) is 8.10. The Labute approximate surface area is 164 Å². The maximum absolute atomic E-state index is 13.4. The lowest BCUT2D eigenvalue weighted by Crippen LogP contribution is -1.96. The molecule has 5 nitrogen and oxygen atoms in total. The number of rotatable bonds is 5. The molecule has 2 aromatic carbocycles. The van der Waals surface area contributed by atoms with Gasteiger partial charge in [-0.05, 0) is 42.8 Å². The highest BCUT2D eigenvalue weighted by molar-refractivity contribution is 7.98. The average molecular weight is 401 g/mol. The van der Waals surface area contributed by atoms with Crippen molar-refractivity contribution in [1.29, 1.82) is 0 Å². The van der Waals surface area contributed by atoms with Gasteiger partial charge in [0.25, 0.3) is 0 Å². The summed E-state index contributed by atoms with van der Waals surface area (Å²) in [4.78, 5) is 4.42. The van der Waals surface area contributed by atoms with Crippen molar-refractivity contribution in [2.24, 2.45) is 0 Å². The van der Waals surface area contributed by atoms with E-state index in [0.717, 1.165) is 16.9 Å². The Hall–Kier alpha value is -2.64. The number of hydrogen-bond donors (Lipinski definition) is 0. The lowest BCUT2D eigenvalue weighted by molar-refractivity contribution is 0.571. The van der Waals surface area contributed by atoms with Crippen LogP contribution in [0.3, 0.4) is 0 Å². The van der Waals surface area contributed by atoms with Gasteiger partial charge in [-0.15, -0.1) is 10.2 Å². The molecule has 0 aliphatic rings. The van der Waals surface area contributed by atoms with Crippen LogP contribution < -0.4 is 0 Å². The van der Waals surface area contributed by atoms with Crippen LogP contribution in [0.1, 0.15) is 11.3 Å². The summed E-state index contributed by atoms with van der Waals surface area (Å²) in [5.74, 6) is 0.597. The van der Waals surface area contributed by atoms with E-state index in [2.05, 4.69) is 15.2 Å². The van der Waals surface area contributed by atoms with E-state index in [4.69, 9.17) is 16.0 Å². The van der Waals surface area contributed by atoms with Crippen molar-refractivity contribution in [3.8, 4) is 17.1 Å². The molecule has 0 saturated carbocycles. The number of nitrogens with zero attached hydrogens (tertiary/aromatic N) is 4. The van der Waals surface area contributed by atoms with Gasteiger partial charge in [0.1, 0.15) is 18.4 Å². The van der Waals surface area contributed by atoms with Crippen molar-refractivity contribution in [3.05, 3.63) is 77.2 Å². The highest BCUT2D eigenvalue weighted by Gasteiger charge is 2.12. The summed E-state index contributed by atoms with van der Waals surface area (Å²) >= 11 is 7.69. The van der Waals surface area contributed by atoms with Gasteiger partial charge >= 0.3 is 0 Å². The Balaban J connectivity index is 1.50. The zero-order valence-electron chi connectivity index (χ0n) is 14.3. The topological polar surface area (TPSA) is 56.7 Å². The Morgan fingerprint density at radius 2 is 2.11 bits per heavy atom. The van der Waals surface area contributed by atoms with E-state index in [1.54, 1.807) is 24.7 Å². The molecule has 0 fully saturated rings. The Morgan fingerprint density at radius 3 is 2.93 bits per heavy atom. The average Bonchev–Trinajstić information content (AvgIpc) is 3.31. The number of oxazole rings is 1. The minimum Gasteiger partial charge on any atom is -0.444 e. The van der Waals surface area contributed by atoms with Gasteiger partial charge in [-0.2, -0.15) is 0 Å². The van der Waals surface area contributed by atoms with Gasteiger partial charge in [-0.1, -0.05) is 35.5 Å². The van der Waals surface area contributed by atoms with Gasteiger partial charge in [-0.25, -0.2) is 9.37 Å². The lowest BCUT2D eigenvalue weighted by Gasteiger charge is -2.07. The molecule has 4 rings (SSSR count). The quantitative estimate of drug-likeness (QED) is 0.424. The van der Waals surface area contributed by atoms with Gasteiger partial charge < -0.3 is 4.42 Å². The van der Waals surface area contributed by atoms with E-state index in [-0.39, 0.29) is 5.82 Å². The lowest BCUT2D eigenvalue weighted by atomic mass is 10.2. The first kappa shape index (κ1) is 17.8. The number of hydrogen-bond acceptors (Lipinski definition) is 5. The largest absolute Gasteiger partial charge is 0.444 e. The molecule has 0 bridgehead atoms.